The van der Waals surface area contributed by atoms with Crippen LogP contribution in [0.4, 0.5) is 0 Å². The van der Waals surface area contributed by atoms with Gasteiger partial charge in [-0.1, -0.05) is 4.78 Å². The molecule has 16 heavy (non-hydrogen) atoms. The van der Waals surface area contributed by atoms with Crippen molar-refractivity contribution < 1.29 is 28.7 Å². The van der Waals surface area contributed by atoms with E-state index in [0.717, 1.165) is 0 Å². The Labute approximate surface area is 95.0 Å². The average molecular weight is 236 g/mol. The van der Waals surface area contributed by atoms with Crippen molar-refractivity contribution in [3.05, 3.63) is 0 Å². The van der Waals surface area contributed by atoms with Crippen molar-refractivity contribution in [2.45, 2.75) is 9.06 Å². The summed E-state index contributed by atoms with van der Waals surface area (Å²) in [5.41, 5.74) is 0. The summed E-state index contributed by atoms with van der Waals surface area (Å²) in [5.74, 6) is -4.60. The molecule has 3 saturated heterocycles. The van der Waals surface area contributed by atoms with Crippen molar-refractivity contribution in [2.75, 3.05) is 0 Å². The standard InChI is InChI=1S/C9H4O6.Al.H/c10-6-2-1-3(7(11)14-6)5-4(2)8(12)15-9(5)13;;/h1-2,4-5H;;. The van der Waals surface area contributed by atoms with Crippen LogP contribution >= 0.6 is 0 Å². The largest absolute Gasteiger partial charge is 0.393 e. The van der Waals surface area contributed by atoms with Crippen molar-refractivity contribution in [3.63, 3.8) is 0 Å². The van der Waals surface area contributed by atoms with Crippen LogP contribution in [0.2, 0.25) is 9.06 Å². The summed E-state index contributed by atoms with van der Waals surface area (Å²) in [6.45, 7) is 0. The molecular formula is C9H5AlO6. The van der Waals surface area contributed by atoms with Crippen LogP contribution in [0.15, 0.2) is 0 Å². The third-order valence-corrected chi connectivity index (χ3v) is 7.36. The molecule has 4 aliphatic rings. The SMILES string of the molecule is O=C1OC(=O)[C]23[AlH][CH]2C1C1C(=O)OC(=O)C13. The zero-order valence-electron chi connectivity index (χ0n) is 7.97. The van der Waals surface area contributed by atoms with E-state index in [1.165, 1.54) is 0 Å². The van der Waals surface area contributed by atoms with Crippen LogP contribution in [0.3, 0.4) is 0 Å². The molecule has 4 fully saturated rings. The minimum absolute atomic E-state index is 0.0481. The van der Waals surface area contributed by atoms with E-state index in [9.17, 15) is 19.2 Å². The van der Waals surface area contributed by atoms with Gasteiger partial charge in [0.1, 0.15) is 0 Å². The first-order valence-corrected chi connectivity index (χ1v) is 6.61. The van der Waals surface area contributed by atoms with Crippen LogP contribution in [0.5, 0.6) is 0 Å². The first kappa shape index (κ1) is 8.91. The van der Waals surface area contributed by atoms with Crippen LogP contribution in [0, 0.1) is 17.8 Å². The first-order valence-electron chi connectivity index (χ1n) is 5.09. The molecule has 0 spiro atoms. The average Bonchev–Trinajstić information content (AvgIpc) is 2.79. The number of rotatable bonds is 0. The highest BCUT2D eigenvalue weighted by Gasteiger charge is 2.85. The van der Waals surface area contributed by atoms with E-state index in [0.29, 0.717) is 0 Å². The molecule has 1 saturated carbocycles. The Morgan fingerprint density at radius 3 is 2.38 bits per heavy atom. The summed E-state index contributed by atoms with van der Waals surface area (Å²) in [7, 11) is 0. The normalized spacial score (nSPS) is 51.5. The molecule has 4 rings (SSSR count). The Morgan fingerprint density at radius 1 is 0.938 bits per heavy atom. The van der Waals surface area contributed by atoms with E-state index in [1.54, 1.807) is 0 Å². The van der Waals surface area contributed by atoms with Gasteiger partial charge in [-0.05, 0) is 0 Å². The van der Waals surface area contributed by atoms with Crippen molar-refractivity contribution >= 4 is 39.1 Å². The van der Waals surface area contributed by atoms with E-state index >= 15 is 0 Å². The number of cyclic esters (lactones) is 4. The van der Waals surface area contributed by atoms with Gasteiger partial charge in [-0.2, -0.15) is 0 Å². The Kier molecular flexibility index (Phi) is 1.25. The zero-order valence-corrected chi connectivity index (χ0v) is 9.38. The smallest absolute Gasteiger partial charge is 0.318 e. The third-order valence-electron chi connectivity index (χ3n) is 4.37. The Hall–Kier alpha value is -1.19. The highest BCUT2D eigenvalue weighted by molar-refractivity contribution is 6.67. The van der Waals surface area contributed by atoms with Gasteiger partial charge in [0.25, 0.3) is 15.2 Å². The topological polar surface area (TPSA) is 86.7 Å². The van der Waals surface area contributed by atoms with Gasteiger partial charge >= 0.3 is 23.9 Å². The highest BCUT2D eigenvalue weighted by Crippen LogP contribution is 2.78. The fraction of sp³-hybridized carbons (Fsp3) is 0.556. The molecule has 80 valence electrons. The number of hydrogen-bond donors (Lipinski definition) is 0. The molecule has 3 heterocycles. The lowest BCUT2D eigenvalue weighted by atomic mass is 9.89. The molecule has 0 radical (unpaired) electrons. The fourth-order valence-electron chi connectivity index (χ4n) is 3.69. The van der Waals surface area contributed by atoms with Crippen molar-refractivity contribution in [1.29, 1.82) is 0 Å². The maximum atomic E-state index is 11.7. The molecule has 0 aromatic carbocycles. The molecule has 0 amide bonds. The predicted molar refractivity (Wildman–Crippen MR) is 46.3 cm³/mol. The molecule has 5 atom stereocenters. The number of hydrogen-bond acceptors (Lipinski definition) is 6. The fourth-order valence-corrected chi connectivity index (χ4v) is 6.62. The second kappa shape index (κ2) is 2.24. The molecule has 1 aliphatic carbocycles. The lowest BCUT2D eigenvalue weighted by Gasteiger charge is -2.19. The molecule has 3 aliphatic heterocycles. The lowest BCUT2D eigenvalue weighted by Crippen LogP contribution is -2.30. The second-order valence-electron chi connectivity index (χ2n) is 4.83. The van der Waals surface area contributed by atoms with Gasteiger partial charge in [-0.3, -0.25) is 19.2 Å². The van der Waals surface area contributed by atoms with E-state index in [1.807, 2.05) is 0 Å². The summed E-state index contributed by atoms with van der Waals surface area (Å²) >= 11 is -0.832. The van der Waals surface area contributed by atoms with Gasteiger partial charge in [0, 0.05) is 4.28 Å². The Morgan fingerprint density at radius 2 is 1.62 bits per heavy atom. The molecular weight excluding hydrogens is 231 g/mol. The highest BCUT2D eigenvalue weighted by atomic mass is 27.1. The van der Waals surface area contributed by atoms with Crippen molar-refractivity contribution in [3.8, 4) is 0 Å². The summed E-state index contributed by atoms with van der Waals surface area (Å²) in [4.78, 5) is 46.3. The second-order valence-corrected chi connectivity index (χ2v) is 7.29. The summed E-state index contributed by atoms with van der Waals surface area (Å²) in [6, 6.07) is 0. The quantitative estimate of drug-likeness (QED) is 0.286. The van der Waals surface area contributed by atoms with E-state index < -0.39 is 61.1 Å². The van der Waals surface area contributed by atoms with Crippen LogP contribution in [-0.2, 0) is 28.7 Å². The van der Waals surface area contributed by atoms with Crippen LogP contribution < -0.4 is 0 Å². The van der Waals surface area contributed by atoms with Gasteiger partial charge in [0.05, 0.1) is 17.8 Å². The molecule has 7 heteroatoms. The number of carbonyl (C=O) groups excluding carboxylic acids is 4. The van der Waals surface area contributed by atoms with Crippen LogP contribution in [0.1, 0.15) is 0 Å². The Bertz CT molecular complexity index is 496. The van der Waals surface area contributed by atoms with Gasteiger partial charge in [0.2, 0.25) is 0 Å². The lowest BCUT2D eigenvalue weighted by molar-refractivity contribution is -0.170. The minimum atomic E-state index is -0.832. The number of ether oxygens (including phenoxy) is 2. The van der Waals surface area contributed by atoms with Gasteiger partial charge in [-0.15, -0.1) is 0 Å². The number of esters is 4. The molecule has 6 nitrogen and oxygen atoms in total. The first-order chi connectivity index (χ1) is 7.57. The van der Waals surface area contributed by atoms with Gasteiger partial charge < -0.3 is 9.47 Å². The molecule has 0 aromatic rings. The maximum absolute atomic E-state index is 11.7. The summed E-state index contributed by atoms with van der Waals surface area (Å²) in [5, 5.41) is 0. The zero-order chi connectivity index (χ0) is 11.2. The van der Waals surface area contributed by atoms with Crippen LogP contribution in [-0.4, -0.2) is 39.1 Å². The van der Waals surface area contributed by atoms with Gasteiger partial charge in [-0.25, -0.2) is 0 Å². The van der Waals surface area contributed by atoms with E-state index in [2.05, 4.69) is 9.47 Å². The summed E-state index contributed by atoms with van der Waals surface area (Å²) in [6.07, 6.45) is 0. The monoisotopic (exact) mass is 236 g/mol. The van der Waals surface area contributed by atoms with Gasteiger partial charge in [0.15, 0.2) is 0 Å². The number of carbonyl (C=O) groups is 4. The molecule has 0 aromatic heterocycles. The number of fused-ring (bicyclic) bond motifs is 2. The summed E-state index contributed by atoms with van der Waals surface area (Å²) < 4.78 is 8.35. The molecule has 5 unspecified atom stereocenters. The Balaban J connectivity index is 1.94. The van der Waals surface area contributed by atoms with Crippen molar-refractivity contribution in [2.24, 2.45) is 17.8 Å². The van der Waals surface area contributed by atoms with E-state index in [4.69, 9.17) is 0 Å². The molecule has 0 N–H and O–H groups in total. The van der Waals surface area contributed by atoms with Crippen LogP contribution in [0.25, 0.3) is 0 Å². The molecule has 2 bridgehead atoms. The third kappa shape index (κ3) is 0.666. The van der Waals surface area contributed by atoms with E-state index in [-0.39, 0.29) is 4.78 Å². The maximum Gasteiger partial charge on any atom is 0.318 e. The minimum Gasteiger partial charge on any atom is -0.393 e. The van der Waals surface area contributed by atoms with Crippen molar-refractivity contribution in [1.82, 2.24) is 0 Å². The predicted octanol–water partition coefficient (Wildman–Crippen LogP) is -1.59.